The van der Waals surface area contributed by atoms with Gasteiger partial charge in [-0.15, -0.1) is 0 Å². The maximum atomic E-state index is 12.3. The third-order valence-corrected chi connectivity index (χ3v) is 5.97. The van der Waals surface area contributed by atoms with Crippen LogP contribution in [0.3, 0.4) is 0 Å². The normalized spacial score (nSPS) is 17.2. The van der Waals surface area contributed by atoms with Gasteiger partial charge in [-0.1, -0.05) is 19.0 Å². The van der Waals surface area contributed by atoms with E-state index in [1.165, 1.54) is 11.3 Å². The number of amides is 1. The average Bonchev–Trinajstić information content (AvgIpc) is 3.38. The molecule has 2 aromatic rings. The Morgan fingerprint density at radius 3 is 2.73 bits per heavy atom. The molecule has 8 nitrogen and oxygen atoms in total. The number of hydrogen-bond acceptors (Lipinski definition) is 6. The van der Waals surface area contributed by atoms with E-state index in [1.54, 1.807) is 6.92 Å². The van der Waals surface area contributed by atoms with E-state index in [-0.39, 0.29) is 11.9 Å². The van der Waals surface area contributed by atoms with Crippen molar-refractivity contribution in [3.8, 4) is 0 Å². The number of aromatic nitrogens is 4. The van der Waals surface area contributed by atoms with Crippen molar-refractivity contribution in [3.63, 3.8) is 0 Å². The van der Waals surface area contributed by atoms with Gasteiger partial charge in [0, 0.05) is 69.8 Å². The van der Waals surface area contributed by atoms with E-state index in [0.717, 1.165) is 44.7 Å². The van der Waals surface area contributed by atoms with Crippen molar-refractivity contribution in [2.75, 3.05) is 19.6 Å². The summed E-state index contributed by atoms with van der Waals surface area (Å²) < 4.78 is 7.40. The number of carbonyl (C=O) groups is 1. The summed E-state index contributed by atoms with van der Waals surface area (Å²) in [7, 11) is 0. The Kier molecular flexibility index (Phi) is 7.28. The van der Waals surface area contributed by atoms with Gasteiger partial charge in [-0.25, -0.2) is 0 Å². The minimum absolute atomic E-state index is 0.110. The van der Waals surface area contributed by atoms with Crippen molar-refractivity contribution >= 4 is 5.91 Å². The van der Waals surface area contributed by atoms with Crippen LogP contribution in [0.4, 0.5) is 0 Å². The fourth-order valence-corrected chi connectivity index (χ4v) is 4.35. The molecule has 0 radical (unpaired) electrons. The van der Waals surface area contributed by atoms with Crippen LogP contribution in [0.15, 0.2) is 4.52 Å². The van der Waals surface area contributed by atoms with Crippen molar-refractivity contribution < 1.29 is 9.32 Å². The van der Waals surface area contributed by atoms with Crippen LogP contribution in [0.25, 0.3) is 0 Å². The average molecular weight is 417 g/mol. The zero-order chi connectivity index (χ0) is 21.8. The summed E-state index contributed by atoms with van der Waals surface area (Å²) in [5, 5.41) is 8.72. The molecule has 0 bridgehead atoms. The van der Waals surface area contributed by atoms with Gasteiger partial charge in [0.1, 0.15) is 0 Å². The number of likely N-dealkylation sites (tertiary alicyclic amines) is 1. The van der Waals surface area contributed by atoms with Crippen LogP contribution < -0.4 is 0 Å². The van der Waals surface area contributed by atoms with Crippen molar-refractivity contribution in [1.82, 2.24) is 29.7 Å². The van der Waals surface area contributed by atoms with Gasteiger partial charge in [0.15, 0.2) is 5.82 Å². The monoisotopic (exact) mass is 416 g/mol. The van der Waals surface area contributed by atoms with Gasteiger partial charge >= 0.3 is 0 Å². The van der Waals surface area contributed by atoms with Crippen LogP contribution in [0.5, 0.6) is 0 Å². The van der Waals surface area contributed by atoms with Crippen LogP contribution in [-0.4, -0.2) is 61.3 Å². The molecule has 1 aliphatic heterocycles. The Hall–Kier alpha value is -2.22. The van der Waals surface area contributed by atoms with E-state index in [2.05, 4.69) is 59.4 Å². The van der Waals surface area contributed by atoms with Gasteiger partial charge < -0.3 is 9.42 Å². The maximum absolute atomic E-state index is 12.3. The predicted octanol–water partition coefficient (Wildman–Crippen LogP) is 2.77. The molecule has 8 heteroatoms. The quantitative estimate of drug-likeness (QED) is 0.625. The molecule has 1 saturated heterocycles. The second-order valence-corrected chi connectivity index (χ2v) is 8.81. The van der Waals surface area contributed by atoms with Crippen LogP contribution in [0.1, 0.15) is 62.8 Å². The highest BCUT2D eigenvalue weighted by Gasteiger charge is 2.30. The third kappa shape index (κ3) is 5.28. The fraction of sp³-hybridized carbons (Fsp3) is 0.727. The van der Waals surface area contributed by atoms with Gasteiger partial charge in [0.25, 0.3) is 0 Å². The fourth-order valence-electron chi connectivity index (χ4n) is 4.35. The smallest absolute Gasteiger partial charge is 0.226 e. The lowest BCUT2D eigenvalue weighted by molar-refractivity contribution is -0.130. The largest absolute Gasteiger partial charge is 0.339 e. The molecule has 0 N–H and O–H groups in total. The first kappa shape index (κ1) is 22.5. The molecule has 30 heavy (non-hydrogen) atoms. The highest BCUT2D eigenvalue weighted by Crippen LogP contribution is 2.22. The minimum Gasteiger partial charge on any atom is -0.339 e. The lowest BCUT2D eigenvalue weighted by Gasteiger charge is -2.28. The number of carbonyl (C=O) groups excluding carboxylic acids is 1. The number of aryl methyl sites for hydroxylation is 2. The molecular weight excluding hydrogens is 380 g/mol. The number of nitrogens with zero attached hydrogens (tertiary/aromatic N) is 6. The molecule has 166 valence electrons. The Bertz CT molecular complexity index is 856. The summed E-state index contributed by atoms with van der Waals surface area (Å²) in [5.41, 5.74) is 3.67. The summed E-state index contributed by atoms with van der Waals surface area (Å²) >= 11 is 0. The van der Waals surface area contributed by atoms with E-state index in [9.17, 15) is 4.79 Å². The molecular formula is C22H36N6O2. The molecule has 1 amide bonds. The molecule has 1 fully saturated rings. The van der Waals surface area contributed by atoms with Crippen molar-refractivity contribution in [3.05, 3.63) is 28.7 Å². The van der Waals surface area contributed by atoms with E-state index in [0.29, 0.717) is 30.6 Å². The Morgan fingerprint density at radius 1 is 1.33 bits per heavy atom. The van der Waals surface area contributed by atoms with Gasteiger partial charge in [-0.2, -0.15) is 10.1 Å². The Morgan fingerprint density at radius 2 is 2.10 bits per heavy atom. The molecule has 0 aliphatic carbocycles. The molecule has 0 spiro atoms. The van der Waals surface area contributed by atoms with Gasteiger partial charge in [-0.05, 0) is 33.1 Å². The van der Waals surface area contributed by atoms with Crippen molar-refractivity contribution in [2.24, 2.45) is 5.92 Å². The summed E-state index contributed by atoms with van der Waals surface area (Å²) in [6, 6.07) is 0.228. The minimum atomic E-state index is 0.110. The highest BCUT2D eigenvalue weighted by molar-refractivity contribution is 5.73. The van der Waals surface area contributed by atoms with E-state index in [1.807, 2.05) is 4.90 Å². The van der Waals surface area contributed by atoms with Gasteiger partial charge in [0.05, 0.1) is 5.69 Å². The summed E-state index contributed by atoms with van der Waals surface area (Å²) in [4.78, 5) is 21.2. The molecule has 0 saturated carbocycles. The second-order valence-electron chi connectivity index (χ2n) is 8.81. The predicted molar refractivity (Wildman–Crippen MR) is 115 cm³/mol. The SMILES string of the molecule is CCn1nc(C)c(CN2CCC(N(CCc3noc(CC(C)C)n3)C(C)=O)C2)c1C. The Balaban J connectivity index is 1.58. The van der Waals surface area contributed by atoms with Crippen LogP contribution in [-0.2, 0) is 30.7 Å². The molecule has 0 aromatic carbocycles. The first-order chi connectivity index (χ1) is 14.3. The second kappa shape index (κ2) is 9.73. The summed E-state index contributed by atoms with van der Waals surface area (Å²) in [5.74, 6) is 1.96. The van der Waals surface area contributed by atoms with Crippen molar-refractivity contribution in [1.29, 1.82) is 0 Å². The van der Waals surface area contributed by atoms with E-state index in [4.69, 9.17) is 4.52 Å². The summed E-state index contributed by atoms with van der Waals surface area (Å²) in [6.07, 6.45) is 2.40. The summed E-state index contributed by atoms with van der Waals surface area (Å²) in [6.45, 7) is 16.6. The highest BCUT2D eigenvalue weighted by atomic mass is 16.5. The van der Waals surface area contributed by atoms with E-state index < -0.39 is 0 Å². The van der Waals surface area contributed by atoms with Gasteiger partial charge in [0.2, 0.25) is 11.8 Å². The lowest BCUT2D eigenvalue weighted by atomic mass is 10.1. The topological polar surface area (TPSA) is 80.3 Å². The maximum Gasteiger partial charge on any atom is 0.226 e. The molecule has 3 rings (SSSR count). The first-order valence-corrected chi connectivity index (χ1v) is 11.1. The molecule has 1 unspecified atom stereocenters. The van der Waals surface area contributed by atoms with Crippen LogP contribution >= 0.6 is 0 Å². The van der Waals surface area contributed by atoms with Gasteiger partial charge in [-0.3, -0.25) is 14.4 Å². The first-order valence-electron chi connectivity index (χ1n) is 11.1. The molecule has 2 aromatic heterocycles. The number of rotatable bonds is 9. The molecule has 3 heterocycles. The molecule has 1 aliphatic rings. The Labute approximate surface area is 179 Å². The van der Waals surface area contributed by atoms with E-state index >= 15 is 0 Å². The third-order valence-electron chi connectivity index (χ3n) is 5.97. The van der Waals surface area contributed by atoms with Crippen LogP contribution in [0, 0.1) is 19.8 Å². The van der Waals surface area contributed by atoms with Crippen molar-refractivity contribution in [2.45, 2.75) is 79.9 Å². The molecule has 1 atom stereocenters. The standard InChI is InChI=1S/C22H36N6O2/c1-7-28-17(5)20(16(4)24-28)14-26-10-8-19(13-26)27(18(6)29)11-9-21-23-22(30-25-21)12-15(2)3/h15,19H,7-14H2,1-6H3. The van der Waals surface area contributed by atoms with Crippen LogP contribution in [0.2, 0.25) is 0 Å². The zero-order valence-corrected chi connectivity index (χ0v) is 19.3. The number of hydrogen-bond donors (Lipinski definition) is 0. The zero-order valence-electron chi connectivity index (χ0n) is 19.3. The lowest BCUT2D eigenvalue weighted by Crippen LogP contribution is -2.42.